The van der Waals surface area contributed by atoms with Gasteiger partial charge in [0.25, 0.3) is 5.69 Å². The van der Waals surface area contributed by atoms with E-state index in [9.17, 15) is 10.1 Å². The van der Waals surface area contributed by atoms with Gasteiger partial charge in [0.05, 0.1) is 11.5 Å². The van der Waals surface area contributed by atoms with Gasteiger partial charge in [0.2, 0.25) is 0 Å². The second-order valence-electron chi connectivity index (χ2n) is 4.46. The largest absolute Gasteiger partial charge is 0.395 e. The van der Waals surface area contributed by atoms with E-state index >= 15 is 0 Å². The average molecular weight is 271 g/mol. The molecule has 2 rings (SSSR count). The quantitative estimate of drug-likeness (QED) is 0.636. The van der Waals surface area contributed by atoms with E-state index < -0.39 is 4.92 Å². The van der Waals surface area contributed by atoms with Gasteiger partial charge in [0, 0.05) is 35.8 Å². The number of benzene rings is 1. The molecule has 1 aromatic carbocycles. The van der Waals surface area contributed by atoms with Crippen LogP contribution in [0.2, 0.25) is 5.02 Å². The molecule has 18 heavy (non-hydrogen) atoms. The van der Waals surface area contributed by atoms with Crippen LogP contribution in [0.1, 0.15) is 18.4 Å². The van der Waals surface area contributed by atoms with Crippen LogP contribution >= 0.6 is 11.6 Å². The fraction of sp³-hybridized carbons (Fsp3) is 0.500. The van der Waals surface area contributed by atoms with E-state index in [2.05, 4.69) is 4.90 Å². The van der Waals surface area contributed by atoms with Gasteiger partial charge in [0.15, 0.2) is 0 Å². The highest BCUT2D eigenvalue weighted by atomic mass is 35.5. The van der Waals surface area contributed by atoms with Crippen molar-refractivity contribution in [1.82, 2.24) is 4.90 Å². The predicted octanol–water partition coefficient (Wildman–Crippen LogP) is 2.20. The third-order valence-electron chi connectivity index (χ3n) is 3.06. The summed E-state index contributed by atoms with van der Waals surface area (Å²) < 4.78 is 0. The number of hydrogen-bond donors (Lipinski definition) is 1. The van der Waals surface area contributed by atoms with Gasteiger partial charge in [-0.15, -0.1) is 0 Å². The Hall–Kier alpha value is -1.17. The smallest absolute Gasteiger partial charge is 0.273 e. The van der Waals surface area contributed by atoms with Crippen LogP contribution in [0.25, 0.3) is 0 Å². The number of hydrogen-bond acceptors (Lipinski definition) is 4. The summed E-state index contributed by atoms with van der Waals surface area (Å²) in [4.78, 5) is 12.6. The number of nitro benzene ring substituents is 1. The number of aliphatic hydroxyl groups is 1. The minimum atomic E-state index is -0.393. The maximum atomic E-state index is 11.0. The van der Waals surface area contributed by atoms with Crippen LogP contribution < -0.4 is 0 Å². The molecule has 1 fully saturated rings. The minimum Gasteiger partial charge on any atom is -0.395 e. The zero-order valence-electron chi connectivity index (χ0n) is 9.88. The molecule has 98 valence electrons. The molecule has 1 N–H and O–H groups in total. The Labute approximate surface area is 110 Å². The molecule has 0 radical (unpaired) electrons. The summed E-state index contributed by atoms with van der Waals surface area (Å²) in [5, 5.41) is 20.5. The molecule has 0 aromatic heterocycles. The second-order valence-corrected chi connectivity index (χ2v) is 4.89. The van der Waals surface area contributed by atoms with Gasteiger partial charge in [0.1, 0.15) is 0 Å². The topological polar surface area (TPSA) is 66.6 Å². The summed E-state index contributed by atoms with van der Waals surface area (Å²) in [6.07, 6.45) is 2.18. The molecule has 0 unspecified atom stereocenters. The Morgan fingerprint density at radius 3 is 2.78 bits per heavy atom. The zero-order valence-corrected chi connectivity index (χ0v) is 10.6. The van der Waals surface area contributed by atoms with Gasteiger partial charge in [-0.2, -0.15) is 0 Å². The highest BCUT2D eigenvalue weighted by Crippen LogP contribution is 2.31. The maximum absolute atomic E-state index is 11.0. The van der Waals surface area contributed by atoms with Crippen molar-refractivity contribution in [1.29, 1.82) is 0 Å². The lowest BCUT2D eigenvalue weighted by Crippen LogP contribution is -2.28. The van der Waals surface area contributed by atoms with Gasteiger partial charge in [-0.05, 0) is 25.0 Å². The standard InChI is InChI=1S/C12H15ClN2O3/c13-10-1-4-12(15(17)18)9(7-10)8-14(5-6-16)11-2-3-11/h1,4,7,11,16H,2-3,5-6,8H2. The molecule has 0 heterocycles. The van der Waals surface area contributed by atoms with Crippen molar-refractivity contribution in [2.24, 2.45) is 0 Å². The fourth-order valence-corrected chi connectivity index (χ4v) is 2.23. The minimum absolute atomic E-state index is 0.0604. The first-order valence-electron chi connectivity index (χ1n) is 5.89. The van der Waals surface area contributed by atoms with Crippen molar-refractivity contribution in [2.75, 3.05) is 13.2 Å². The molecule has 5 nitrogen and oxygen atoms in total. The molecule has 1 aliphatic carbocycles. The van der Waals surface area contributed by atoms with Crippen LogP contribution in [0.3, 0.4) is 0 Å². The molecule has 0 spiro atoms. The summed E-state index contributed by atoms with van der Waals surface area (Å²) in [5.74, 6) is 0. The number of nitrogens with zero attached hydrogens (tertiary/aromatic N) is 2. The van der Waals surface area contributed by atoms with Crippen LogP contribution in [0, 0.1) is 10.1 Å². The van der Waals surface area contributed by atoms with Gasteiger partial charge in [-0.1, -0.05) is 11.6 Å². The van der Waals surface area contributed by atoms with Crippen molar-refractivity contribution < 1.29 is 10.0 Å². The van der Waals surface area contributed by atoms with Crippen LogP contribution in [-0.2, 0) is 6.54 Å². The zero-order chi connectivity index (χ0) is 13.1. The lowest BCUT2D eigenvalue weighted by atomic mass is 10.1. The Kier molecular flexibility index (Phi) is 4.16. The van der Waals surface area contributed by atoms with Crippen LogP contribution in [-0.4, -0.2) is 34.1 Å². The van der Waals surface area contributed by atoms with Crippen LogP contribution in [0.5, 0.6) is 0 Å². The van der Waals surface area contributed by atoms with Gasteiger partial charge in [-0.3, -0.25) is 15.0 Å². The summed E-state index contributed by atoms with van der Waals surface area (Å²) in [5.41, 5.74) is 0.691. The van der Waals surface area contributed by atoms with Crippen molar-refractivity contribution in [3.8, 4) is 0 Å². The number of rotatable bonds is 6. The molecule has 1 aliphatic rings. The fourth-order valence-electron chi connectivity index (χ4n) is 2.04. The summed E-state index contributed by atoms with van der Waals surface area (Å²) in [7, 11) is 0. The van der Waals surface area contributed by atoms with E-state index in [0.29, 0.717) is 29.7 Å². The van der Waals surface area contributed by atoms with Crippen molar-refractivity contribution in [3.05, 3.63) is 38.9 Å². The lowest BCUT2D eigenvalue weighted by Gasteiger charge is -2.20. The van der Waals surface area contributed by atoms with Crippen LogP contribution in [0.4, 0.5) is 5.69 Å². The lowest BCUT2D eigenvalue weighted by molar-refractivity contribution is -0.385. The summed E-state index contributed by atoms with van der Waals surface area (Å²) in [6.45, 7) is 1.06. The molecule has 0 bridgehead atoms. The van der Waals surface area contributed by atoms with Gasteiger partial charge in [-0.25, -0.2) is 0 Å². The normalized spacial score (nSPS) is 15.1. The second kappa shape index (κ2) is 5.65. The maximum Gasteiger partial charge on any atom is 0.273 e. The first-order valence-corrected chi connectivity index (χ1v) is 6.27. The third-order valence-corrected chi connectivity index (χ3v) is 3.30. The van der Waals surface area contributed by atoms with Gasteiger partial charge >= 0.3 is 0 Å². The summed E-state index contributed by atoms with van der Waals surface area (Å²) >= 11 is 5.89. The molecule has 0 aliphatic heterocycles. The average Bonchev–Trinajstić information content (AvgIpc) is 3.12. The molecule has 6 heteroatoms. The molecule has 1 aromatic rings. The van der Waals surface area contributed by atoms with Gasteiger partial charge < -0.3 is 5.11 Å². The van der Waals surface area contributed by atoms with E-state index in [4.69, 9.17) is 16.7 Å². The Balaban J connectivity index is 2.20. The van der Waals surface area contributed by atoms with Crippen molar-refractivity contribution in [2.45, 2.75) is 25.4 Å². The number of aliphatic hydroxyl groups excluding tert-OH is 1. The number of nitro groups is 1. The number of halogens is 1. The molecule has 0 atom stereocenters. The van der Waals surface area contributed by atoms with E-state index in [0.717, 1.165) is 12.8 Å². The monoisotopic (exact) mass is 270 g/mol. The molecular weight excluding hydrogens is 256 g/mol. The van der Waals surface area contributed by atoms with E-state index in [1.807, 2.05) is 0 Å². The summed E-state index contributed by atoms with van der Waals surface area (Å²) in [6, 6.07) is 5.03. The molecule has 1 saturated carbocycles. The Morgan fingerprint density at radius 1 is 1.50 bits per heavy atom. The SMILES string of the molecule is O=[N+]([O-])c1ccc(Cl)cc1CN(CCO)C1CC1. The van der Waals surface area contributed by atoms with Crippen molar-refractivity contribution >= 4 is 17.3 Å². The Morgan fingerprint density at radius 2 is 2.22 bits per heavy atom. The van der Waals surface area contributed by atoms with E-state index in [1.165, 1.54) is 12.1 Å². The molecule has 0 amide bonds. The third kappa shape index (κ3) is 3.19. The first-order chi connectivity index (χ1) is 8.61. The van der Waals surface area contributed by atoms with Crippen molar-refractivity contribution in [3.63, 3.8) is 0 Å². The Bertz CT molecular complexity index is 449. The first kappa shape index (κ1) is 13.3. The van der Waals surface area contributed by atoms with E-state index in [1.54, 1.807) is 6.07 Å². The van der Waals surface area contributed by atoms with E-state index in [-0.39, 0.29) is 12.3 Å². The molecule has 0 saturated heterocycles. The highest BCUT2D eigenvalue weighted by Gasteiger charge is 2.30. The van der Waals surface area contributed by atoms with Crippen LogP contribution in [0.15, 0.2) is 18.2 Å². The predicted molar refractivity (Wildman–Crippen MR) is 68.6 cm³/mol. The molecular formula is C12H15ClN2O3. The highest BCUT2D eigenvalue weighted by molar-refractivity contribution is 6.30.